The molecule has 0 saturated heterocycles. The van der Waals surface area contributed by atoms with Crippen LogP contribution in [0.5, 0.6) is 0 Å². The maximum absolute atomic E-state index is 12.3. The zero-order valence-electron chi connectivity index (χ0n) is 15.2. The average molecular weight is 477 g/mol. The van der Waals surface area contributed by atoms with Crippen LogP contribution in [0.2, 0.25) is 0 Å². The van der Waals surface area contributed by atoms with Crippen LogP contribution in [0.15, 0.2) is 61.4 Å². The summed E-state index contributed by atoms with van der Waals surface area (Å²) in [7, 11) is 0. The summed E-state index contributed by atoms with van der Waals surface area (Å²) in [4.78, 5) is 49.3. The van der Waals surface area contributed by atoms with E-state index in [-0.39, 0.29) is 28.9 Å². The summed E-state index contributed by atoms with van der Waals surface area (Å²) < 4.78 is 0.949. The Morgan fingerprint density at radius 2 is 1.76 bits per heavy atom. The number of aromatic nitrogens is 2. The SMILES string of the molecule is CC(Sc1ccc(Br)cc1)C(=O)NCC(=O)Nc1cccc2c(=O)[nH][nH]c(=O)c12. The predicted octanol–water partition coefficient (Wildman–Crippen LogP) is 2.21. The lowest BCUT2D eigenvalue weighted by Crippen LogP contribution is -2.37. The number of thioether (sulfide) groups is 1. The predicted molar refractivity (Wildman–Crippen MR) is 116 cm³/mol. The van der Waals surface area contributed by atoms with E-state index in [1.165, 1.54) is 23.9 Å². The van der Waals surface area contributed by atoms with E-state index in [2.05, 4.69) is 36.8 Å². The number of anilines is 1. The molecule has 150 valence electrons. The minimum atomic E-state index is -0.529. The van der Waals surface area contributed by atoms with Gasteiger partial charge in [-0.25, -0.2) is 0 Å². The van der Waals surface area contributed by atoms with Crippen LogP contribution >= 0.6 is 27.7 Å². The number of H-pyrrole nitrogens is 2. The van der Waals surface area contributed by atoms with Gasteiger partial charge in [0.2, 0.25) is 11.8 Å². The van der Waals surface area contributed by atoms with Gasteiger partial charge < -0.3 is 10.6 Å². The summed E-state index contributed by atoms with van der Waals surface area (Å²) in [6, 6.07) is 12.1. The molecule has 3 aromatic rings. The van der Waals surface area contributed by atoms with Gasteiger partial charge in [0.15, 0.2) is 0 Å². The molecule has 3 rings (SSSR count). The minimum Gasteiger partial charge on any atom is -0.346 e. The average Bonchev–Trinajstić information content (AvgIpc) is 2.70. The zero-order valence-corrected chi connectivity index (χ0v) is 17.6. The standard InChI is InChI=1S/C19H17BrN4O4S/c1-10(29-12-7-5-11(20)6-8-12)17(26)21-9-15(25)22-14-4-2-3-13-16(14)19(28)24-23-18(13)27/h2-8,10H,9H2,1H3,(H,21,26)(H,22,25)(H,23,27)(H,24,28). The van der Waals surface area contributed by atoms with E-state index >= 15 is 0 Å². The summed E-state index contributed by atoms with van der Waals surface area (Å²) in [6.45, 7) is 1.48. The van der Waals surface area contributed by atoms with Crippen LogP contribution in [0.1, 0.15) is 6.92 Å². The summed E-state index contributed by atoms with van der Waals surface area (Å²) in [6.07, 6.45) is 0. The van der Waals surface area contributed by atoms with Crippen molar-refractivity contribution >= 4 is 56.0 Å². The number of hydrogen-bond donors (Lipinski definition) is 4. The molecule has 0 aliphatic carbocycles. The van der Waals surface area contributed by atoms with Crippen LogP contribution in [0.3, 0.4) is 0 Å². The number of amides is 2. The summed E-state index contributed by atoms with van der Waals surface area (Å²) >= 11 is 4.73. The van der Waals surface area contributed by atoms with Crippen molar-refractivity contribution in [1.29, 1.82) is 0 Å². The van der Waals surface area contributed by atoms with Gasteiger partial charge in [-0.2, -0.15) is 0 Å². The van der Waals surface area contributed by atoms with Crippen LogP contribution < -0.4 is 21.8 Å². The van der Waals surface area contributed by atoms with E-state index in [0.29, 0.717) is 0 Å². The molecule has 0 saturated carbocycles. The van der Waals surface area contributed by atoms with Gasteiger partial charge in [-0.1, -0.05) is 22.0 Å². The molecule has 10 heteroatoms. The quantitative estimate of drug-likeness (QED) is 0.406. The van der Waals surface area contributed by atoms with E-state index in [1.54, 1.807) is 13.0 Å². The molecule has 2 amide bonds. The molecule has 2 aromatic carbocycles. The highest BCUT2D eigenvalue weighted by Crippen LogP contribution is 2.24. The van der Waals surface area contributed by atoms with Crippen molar-refractivity contribution in [1.82, 2.24) is 15.5 Å². The van der Waals surface area contributed by atoms with Crippen LogP contribution in [0.4, 0.5) is 5.69 Å². The number of aromatic amines is 2. The van der Waals surface area contributed by atoms with Gasteiger partial charge in [0.05, 0.1) is 28.3 Å². The lowest BCUT2D eigenvalue weighted by atomic mass is 10.1. The molecular formula is C19H17BrN4O4S. The van der Waals surface area contributed by atoms with Crippen molar-refractivity contribution in [3.05, 3.63) is 67.6 Å². The number of hydrogen-bond acceptors (Lipinski definition) is 5. The largest absolute Gasteiger partial charge is 0.346 e. The second kappa shape index (κ2) is 9.10. The summed E-state index contributed by atoms with van der Waals surface area (Å²) in [5.74, 6) is -0.799. The highest BCUT2D eigenvalue weighted by atomic mass is 79.9. The number of carbonyl (C=O) groups excluding carboxylic acids is 2. The second-order valence-electron chi connectivity index (χ2n) is 6.12. The van der Waals surface area contributed by atoms with Gasteiger partial charge in [-0.05, 0) is 43.3 Å². The smallest absolute Gasteiger partial charge is 0.272 e. The molecule has 1 aromatic heterocycles. The van der Waals surface area contributed by atoms with E-state index in [1.807, 2.05) is 24.3 Å². The first-order chi connectivity index (χ1) is 13.8. The number of fused-ring (bicyclic) bond motifs is 1. The van der Waals surface area contributed by atoms with Gasteiger partial charge in [0.25, 0.3) is 11.1 Å². The number of rotatable bonds is 6. The molecule has 0 spiro atoms. The fraction of sp³-hybridized carbons (Fsp3) is 0.158. The molecule has 0 fully saturated rings. The van der Waals surface area contributed by atoms with Gasteiger partial charge in [-0.3, -0.25) is 29.4 Å². The fourth-order valence-electron chi connectivity index (χ4n) is 2.61. The van der Waals surface area contributed by atoms with Gasteiger partial charge in [-0.15, -0.1) is 11.8 Å². The topological polar surface area (TPSA) is 124 Å². The zero-order chi connectivity index (χ0) is 21.0. The van der Waals surface area contributed by atoms with Crippen molar-refractivity contribution in [3.63, 3.8) is 0 Å². The molecular weight excluding hydrogens is 460 g/mol. The maximum Gasteiger partial charge on any atom is 0.272 e. The lowest BCUT2D eigenvalue weighted by molar-refractivity contribution is -0.123. The maximum atomic E-state index is 12.3. The minimum absolute atomic E-state index is 0.0788. The van der Waals surface area contributed by atoms with E-state index < -0.39 is 22.3 Å². The van der Waals surface area contributed by atoms with Crippen molar-refractivity contribution in [3.8, 4) is 0 Å². The van der Waals surface area contributed by atoms with Crippen molar-refractivity contribution in [2.24, 2.45) is 0 Å². The fourth-order valence-corrected chi connectivity index (χ4v) is 3.77. The molecule has 0 aliphatic heterocycles. The van der Waals surface area contributed by atoms with Crippen LogP contribution in [-0.2, 0) is 9.59 Å². The molecule has 8 nitrogen and oxygen atoms in total. The van der Waals surface area contributed by atoms with E-state index in [0.717, 1.165) is 9.37 Å². The molecule has 1 heterocycles. The van der Waals surface area contributed by atoms with Crippen LogP contribution in [0, 0.1) is 0 Å². The Balaban J connectivity index is 1.61. The lowest BCUT2D eigenvalue weighted by Gasteiger charge is -2.12. The summed E-state index contributed by atoms with van der Waals surface area (Å²) in [5, 5.41) is 9.44. The molecule has 1 atom stereocenters. The van der Waals surface area contributed by atoms with Gasteiger partial charge >= 0.3 is 0 Å². The molecule has 4 N–H and O–H groups in total. The normalized spacial score (nSPS) is 11.8. The van der Waals surface area contributed by atoms with Crippen LogP contribution in [-0.4, -0.2) is 33.8 Å². The van der Waals surface area contributed by atoms with Gasteiger partial charge in [0, 0.05) is 9.37 Å². The number of halogens is 1. The van der Waals surface area contributed by atoms with Crippen LogP contribution in [0.25, 0.3) is 10.8 Å². The van der Waals surface area contributed by atoms with Crippen molar-refractivity contribution < 1.29 is 9.59 Å². The Morgan fingerprint density at radius 3 is 2.48 bits per heavy atom. The van der Waals surface area contributed by atoms with Crippen molar-refractivity contribution in [2.75, 3.05) is 11.9 Å². The molecule has 1 unspecified atom stereocenters. The highest BCUT2D eigenvalue weighted by molar-refractivity contribution is 9.10. The molecule has 0 radical (unpaired) electrons. The van der Waals surface area contributed by atoms with E-state index in [4.69, 9.17) is 0 Å². The van der Waals surface area contributed by atoms with Gasteiger partial charge in [0.1, 0.15) is 0 Å². The Labute approximate surface area is 177 Å². The third kappa shape index (κ3) is 5.15. The molecule has 29 heavy (non-hydrogen) atoms. The monoisotopic (exact) mass is 476 g/mol. The molecule has 0 aliphatic rings. The highest BCUT2D eigenvalue weighted by Gasteiger charge is 2.16. The Bertz CT molecular complexity index is 1170. The van der Waals surface area contributed by atoms with E-state index in [9.17, 15) is 19.2 Å². The Morgan fingerprint density at radius 1 is 1.07 bits per heavy atom. The third-order valence-corrected chi connectivity index (χ3v) is 5.66. The van der Waals surface area contributed by atoms with Crippen molar-refractivity contribution in [2.45, 2.75) is 17.1 Å². The first-order valence-corrected chi connectivity index (χ1v) is 10.3. The first-order valence-electron chi connectivity index (χ1n) is 8.58. The Kier molecular flexibility index (Phi) is 6.55. The number of nitrogens with one attached hydrogen (secondary N) is 4. The number of benzene rings is 2. The number of carbonyl (C=O) groups is 2. The Hall–Kier alpha value is -2.85. The second-order valence-corrected chi connectivity index (χ2v) is 8.45. The molecule has 0 bridgehead atoms. The third-order valence-electron chi connectivity index (χ3n) is 4.02. The first kappa shape index (κ1) is 20.9. The summed E-state index contributed by atoms with van der Waals surface area (Å²) in [5.41, 5.74) is -0.798.